The molecule has 1 aliphatic heterocycles. The molecule has 2 heterocycles. The van der Waals surface area contributed by atoms with Crippen LogP contribution in [-0.4, -0.2) is 64.1 Å². The van der Waals surface area contributed by atoms with E-state index in [2.05, 4.69) is 82.8 Å². The molecule has 2 atom stereocenters. The van der Waals surface area contributed by atoms with Crippen molar-refractivity contribution in [1.82, 2.24) is 14.7 Å². The van der Waals surface area contributed by atoms with Crippen molar-refractivity contribution in [2.75, 3.05) is 26.3 Å². The van der Waals surface area contributed by atoms with Gasteiger partial charge in [0.1, 0.15) is 0 Å². The SMILES string of the molecule is CCOC(=O)CC(C(=O)OCC)n1ccc(C=C2CN(C(c3ccccc3)(c3ccccc3)c3ccccc3)CCC2O)n1. The first kappa shape index (κ1) is 30.9. The van der Waals surface area contributed by atoms with E-state index >= 15 is 0 Å². The number of esters is 2. The van der Waals surface area contributed by atoms with E-state index in [1.807, 2.05) is 24.3 Å². The van der Waals surface area contributed by atoms with Crippen LogP contribution in [0.4, 0.5) is 0 Å². The molecule has 1 N–H and O–H groups in total. The molecule has 0 aliphatic carbocycles. The molecule has 0 amide bonds. The number of aliphatic hydroxyl groups excluding tert-OH is 1. The molecule has 1 aromatic heterocycles. The summed E-state index contributed by atoms with van der Waals surface area (Å²) in [5, 5.41) is 15.8. The molecular weight excluding hydrogens is 554 g/mol. The number of aromatic nitrogens is 2. The van der Waals surface area contributed by atoms with Crippen molar-refractivity contribution < 1.29 is 24.2 Å². The highest BCUT2D eigenvalue weighted by Crippen LogP contribution is 2.44. The summed E-state index contributed by atoms with van der Waals surface area (Å²) in [6, 6.07) is 32.3. The van der Waals surface area contributed by atoms with Gasteiger partial charge in [0.15, 0.2) is 6.04 Å². The van der Waals surface area contributed by atoms with Crippen LogP contribution < -0.4 is 0 Å². The van der Waals surface area contributed by atoms with Gasteiger partial charge >= 0.3 is 11.9 Å². The Kier molecular flexibility index (Phi) is 10.0. The molecule has 0 radical (unpaired) electrons. The average Bonchev–Trinajstić information content (AvgIpc) is 3.51. The Morgan fingerprint density at radius 2 is 1.43 bits per heavy atom. The van der Waals surface area contributed by atoms with Gasteiger partial charge < -0.3 is 14.6 Å². The molecule has 0 saturated carbocycles. The molecule has 2 unspecified atom stereocenters. The highest BCUT2D eigenvalue weighted by Gasteiger charge is 2.44. The van der Waals surface area contributed by atoms with E-state index in [9.17, 15) is 14.7 Å². The van der Waals surface area contributed by atoms with Gasteiger partial charge in [-0.2, -0.15) is 5.10 Å². The number of hydrogen-bond acceptors (Lipinski definition) is 7. The van der Waals surface area contributed by atoms with Crippen LogP contribution in [0.15, 0.2) is 109 Å². The molecule has 8 nitrogen and oxygen atoms in total. The minimum absolute atomic E-state index is 0.185. The second-order valence-electron chi connectivity index (χ2n) is 10.8. The topological polar surface area (TPSA) is 93.9 Å². The lowest BCUT2D eigenvalue weighted by Gasteiger charge is -2.48. The van der Waals surface area contributed by atoms with Crippen molar-refractivity contribution in [2.24, 2.45) is 0 Å². The van der Waals surface area contributed by atoms with E-state index in [4.69, 9.17) is 9.47 Å². The number of aliphatic hydroxyl groups is 1. The first-order valence-electron chi connectivity index (χ1n) is 15.1. The van der Waals surface area contributed by atoms with Crippen LogP contribution in [-0.2, 0) is 24.6 Å². The molecule has 228 valence electrons. The average molecular weight is 594 g/mol. The van der Waals surface area contributed by atoms with Crippen LogP contribution in [0.5, 0.6) is 0 Å². The maximum atomic E-state index is 12.7. The zero-order valence-electron chi connectivity index (χ0n) is 25.2. The molecule has 1 aliphatic rings. The highest BCUT2D eigenvalue weighted by atomic mass is 16.5. The Bertz CT molecular complexity index is 1460. The molecule has 0 spiro atoms. The first-order valence-corrected chi connectivity index (χ1v) is 15.1. The van der Waals surface area contributed by atoms with Crippen LogP contribution in [0.25, 0.3) is 6.08 Å². The number of ether oxygens (including phenoxy) is 2. The lowest BCUT2D eigenvalue weighted by molar-refractivity contribution is -0.154. The number of carbonyl (C=O) groups excluding carboxylic acids is 2. The van der Waals surface area contributed by atoms with Crippen molar-refractivity contribution in [1.29, 1.82) is 0 Å². The molecule has 1 fully saturated rings. The first-order chi connectivity index (χ1) is 21.5. The monoisotopic (exact) mass is 593 g/mol. The minimum Gasteiger partial charge on any atom is -0.466 e. The van der Waals surface area contributed by atoms with Crippen molar-refractivity contribution >= 4 is 18.0 Å². The highest BCUT2D eigenvalue weighted by molar-refractivity contribution is 5.81. The van der Waals surface area contributed by atoms with E-state index in [0.717, 1.165) is 22.3 Å². The van der Waals surface area contributed by atoms with Gasteiger partial charge in [-0.15, -0.1) is 0 Å². The van der Waals surface area contributed by atoms with Gasteiger partial charge in [-0.3, -0.25) is 14.4 Å². The standard InChI is InChI=1S/C36H39N3O5/c1-3-43-34(41)25-32(35(42)44-4-2)39-23-20-31(37-39)24-27-26-38(22-21-33(27)40)36(28-14-8-5-9-15-28,29-16-10-6-11-17-29)30-18-12-7-13-19-30/h5-20,23-24,32-33,40H,3-4,21-22,25-26H2,1-2H3. The summed E-state index contributed by atoms with van der Waals surface area (Å²) in [6.07, 6.45) is 3.23. The third-order valence-electron chi connectivity index (χ3n) is 8.03. The minimum atomic E-state index is -0.948. The molecule has 8 heteroatoms. The number of piperidine rings is 1. The molecular formula is C36H39N3O5. The fraction of sp³-hybridized carbons (Fsp3) is 0.306. The Hall–Kier alpha value is -4.53. The van der Waals surface area contributed by atoms with E-state index in [1.54, 1.807) is 26.1 Å². The van der Waals surface area contributed by atoms with E-state index < -0.39 is 29.6 Å². The third kappa shape index (κ3) is 6.51. The van der Waals surface area contributed by atoms with Crippen molar-refractivity contribution in [3.05, 3.63) is 131 Å². The maximum Gasteiger partial charge on any atom is 0.331 e. The number of hydrogen-bond donors (Lipinski definition) is 1. The number of carbonyl (C=O) groups is 2. The number of rotatable bonds is 11. The Labute approximate surface area is 258 Å². The van der Waals surface area contributed by atoms with E-state index in [1.165, 1.54) is 4.68 Å². The Balaban J connectivity index is 1.54. The van der Waals surface area contributed by atoms with Gasteiger partial charge in [-0.05, 0) is 54.7 Å². The fourth-order valence-electron chi connectivity index (χ4n) is 6.08. The van der Waals surface area contributed by atoms with Crippen LogP contribution in [0, 0.1) is 0 Å². The summed E-state index contributed by atoms with van der Waals surface area (Å²) in [7, 11) is 0. The Morgan fingerprint density at radius 3 is 1.95 bits per heavy atom. The molecule has 1 saturated heterocycles. The zero-order valence-corrected chi connectivity index (χ0v) is 25.2. The zero-order chi connectivity index (χ0) is 30.9. The van der Waals surface area contributed by atoms with Crippen LogP contribution >= 0.6 is 0 Å². The van der Waals surface area contributed by atoms with Crippen LogP contribution in [0.3, 0.4) is 0 Å². The molecule has 44 heavy (non-hydrogen) atoms. The smallest absolute Gasteiger partial charge is 0.331 e. The summed E-state index contributed by atoms with van der Waals surface area (Å²) >= 11 is 0. The van der Waals surface area contributed by atoms with Crippen LogP contribution in [0.2, 0.25) is 0 Å². The Morgan fingerprint density at radius 1 is 0.886 bits per heavy atom. The second-order valence-corrected chi connectivity index (χ2v) is 10.8. The second kappa shape index (κ2) is 14.3. The van der Waals surface area contributed by atoms with Gasteiger partial charge in [0.2, 0.25) is 0 Å². The molecule has 3 aromatic carbocycles. The largest absolute Gasteiger partial charge is 0.466 e. The summed E-state index contributed by atoms with van der Waals surface area (Å²) < 4.78 is 11.7. The van der Waals surface area contributed by atoms with E-state index in [-0.39, 0.29) is 19.6 Å². The molecule has 0 bridgehead atoms. The van der Waals surface area contributed by atoms with Crippen molar-refractivity contribution in [2.45, 2.75) is 44.4 Å². The predicted octanol–water partition coefficient (Wildman–Crippen LogP) is 5.38. The van der Waals surface area contributed by atoms with Crippen molar-refractivity contribution in [3.63, 3.8) is 0 Å². The van der Waals surface area contributed by atoms with Gasteiger partial charge in [-0.25, -0.2) is 4.79 Å². The number of nitrogens with zero attached hydrogens (tertiary/aromatic N) is 3. The quantitative estimate of drug-likeness (QED) is 0.184. The predicted molar refractivity (Wildman–Crippen MR) is 169 cm³/mol. The van der Waals surface area contributed by atoms with Gasteiger partial charge in [0, 0.05) is 19.3 Å². The number of likely N-dealkylation sites (tertiary alicyclic amines) is 1. The van der Waals surface area contributed by atoms with E-state index in [0.29, 0.717) is 25.2 Å². The maximum absolute atomic E-state index is 12.7. The summed E-state index contributed by atoms with van der Waals surface area (Å²) in [4.78, 5) is 27.4. The summed E-state index contributed by atoms with van der Waals surface area (Å²) in [5.74, 6) is -1.05. The van der Waals surface area contributed by atoms with Gasteiger partial charge in [0.05, 0.1) is 37.0 Å². The van der Waals surface area contributed by atoms with Gasteiger partial charge in [-0.1, -0.05) is 91.0 Å². The fourth-order valence-corrected chi connectivity index (χ4v) is 6.08. The normalized spacial score (nSPS) is 17.2. The summed E-state index contributed by atoms with van der Waals surface area (Å²) in [5.41, 5.74) is 4.17. The van der Waals surface area contributed by atoms with Crippen molar-refractivity contribution in [3.8, 4) is 0 Å². The lowest BCUT2D eigenvalue weighted by Crippen LogP contribution is -2.52. The molecule has 5 rings (SSSR count). The third-order valence-corrected chi connectivity index (χ3v) is 8.03. The number of benzene rings is 3. The summed E-state index contributed by atoms with van der Waals surface area (Å²) in [6.45, 7) is 4.98. The molecule has 4 aromatic rings. The lowest BCUT2D eigenvalue weighted by atomic mass is 9.74. The van der Waals surface area contributed by atoms with Gasteiger partial charge in [0.25, 0.3) is 0 Å². The van der Waals surface area contributed by atoms with Crippen LogP contribution in [0.1, 0.15) is 55.1 Å².